The minimum atomic E-state index is -3.14. The van der Waals surface area contributed by atoms with Gasteiger partial charge in [0.15, 0.2) is 5.78 Å². The predicted octanol–water partition coefficient (Wildman–Crippen LogP) is 2.29. The minimum absolute atomic E-state index is 0.677. The minimum Gasteiger partial charge on any atom is -0.295 e. The zero-order chi connectivity index (χ0) is 16.7. The number of carbonyl (C=O) groups is 1. The van der Waals surface area contributed by atoms with E-state index in [2.05, 4.69) is 0 Å². The molecular weight excluding hydrogens is 136 g/mol. The Morgan fingerprint density at radius 2 is 2.36 bits per heavy atom. The molecule has 1 nitrogen and oxygen atoms in total. The molecule has 0 atom stereocenters. The van der Waals surface area contributed by atoms with E-state index in [0.717, 1.165) is 0 Å². The number of hydrogen-bond acceptors (Lipinski definition) is 1. The fourth-order valence-corrected chi connectivity index (χ4v) is 0.432. The van der Waals surface area contributed by atoms with Gasteiger partial charge in [0.05, 0.1) is 9.60 Å². The Morgan fingerprint density at radius 3 is 3.00 bits per heavy atom. The molecule has 1 aromatic carbocycles. The van der Waals surface area contributed by atoms with Crippen LogP contribution in [0.5, 0.6) is 0 Å². The van der Waals surface area contributed by atoms with Gasteiger partial charge in [-0.3, -0.25) is 4.79 Å². The van der Waals surface area contributed by atoms with Gasteiger partial charge in [-0.2, -0.15) is 0 Å². The first-order chi connectivity index (χ1) is 9.41. The molecule has 56 valence electrons. The number of carbonyl (C=O) groups excluding carboxylic acids is 1. The number of benzene rings is 1. The SMILES string of the molecule is [2H]/C(C(=O)C([2H])([2H])[2H])=C(/[2H])c1c([2H])c([2H])c([2H])c([2H])c1[2H]. The van der Waals surface area contributed by atoms with Crippen molar-refractivity contribution in [2.45, 2.75) is 6.85 Å². The Bertz CT molecular complexity index is 613. The first-order valence-corrected chi connectivity index (χ1v) is 2.70. The van der Waals surface area contributed by atoms with Gasteiger partial charge in [-0.15, -0.1) is 0 Å². The zero-order valence-corrected chi connectivity index (χ0v) is 5.41. The van der Waals surface area contributed by atoms with E-state index in [1.165, 1.54) is 0 Å². The lowest BCUT2D eigenvalue weighted by Gasteiger charge is -1.88. The van der Waals surface area contributed by atoms with E-state index < -0.39 is 60.5 Å². The van der Waals surface area contributed by atoms with Crippen LogP contribution in [0.25, 0.3) is 6.05 Å². The molecule has 0 amide bonds. The van der Waals surface area contributed by atoms with Crippen LogP contribution in [0.3, 0.4) is 0 Å². The maximum absolute atomic E-state index is 11.5. The normalized spacial score (nSPS) is 26.2. The first-order valence-electron chi connectivity index (χ1n) is 7.70. The van der Waals surface area contributed by atoms with Crippen LogP contribution in [0.2, 0.25) is 0 Å². The molecule has 11 heavy (non-hydrogen) atoms. The molecule has 0 aromatic heterocycles. The van der Waals surface area contributed by atoms with E-state index in [4.69, 9.17) is 13.7 Å². The molecule has 0 heterocycles. The lowest BCUT2D eigenvalue weighted by atomic mass is 10.2. The summed E-state index contributed by atoms with van der Waals surface area (Å²) in [6.45, 7) is -3.14. The number of hydrogen-bond donors (Lipinski definition) is 0. The summed E-state index contributed by atoms with van der Waals surface area (Å²) in [7, 11) is 0. The molecule has 1 rings (SSSR count). The molecule has 0 N–H and O–H groups in total. The summed E-state index contributed by atoms with van der Waals surface area (Å²) >= 11 is 0. The van der Waals surface area contributed by atoms with Crippen LogP contribution in [0, 0.1) is 0 Å². The van der Waals surface area contributed by atoms with Crippen LogP contribution >= 0.6 is 0 Å². The van der Waals surface area contributed by atoms with Gasteiger partial charge in [-0.25, -0.2) is 0 Å². The maximum atomic E-state index is 11.5. The van der Waals surface area contributed by atoms with Crippen molar-refractivity contribution >= 4 is 11.8 Å². The largest absolute Gasteiger partial charge is 0.295 e. The third-order valence-electron chi connectivity index (χ3n) is 0.801. The van der Waals surface area contributed by atoms with E-state index in [-0.39, 0.29) is 0 Å². The Hall–Kier alpha value is -1.37. The average Bonchev–Trinajstić information content (AvgIpc) is 2.40. The highest BCUT2D eigenvalue weighted by molar-refractivity contribution is 5.91. The first kappa shape index (κ1) is 1.86. The maximum Gasteiger partial charge on any atom is 0.152 e. The third-order valence-corrected chi connectivity index (χ3v) is 0.801. The zero-order valence-electron chi connectivity index (χ0n) is 15.4. The second-order valence-corrected chi connectivity index (χ2v) is 1.58. The highest BCUT2D eigenvalue weighted by atomic mass is 16.1. The van der Waals surface area contributed by atoms with Crippen LogP contribution in [-0.2, 0) is 4.79 Å². The van der Waals surface area contributed by atoms with Crippen molar-refractivity contribution < 1.29 is 18.5 Å². The fraction of sp³-hybridized carbons (Fsp3) is 0.100. The lowest BCUT2D eigenvalue weighted by Crippen LogP contribution is -1.79. The van der Waals surface area contributed by atoms with E-state index in [9.17, 15) is 4.79 Å². The molecule has 0 fully saturated rings. The van der Waals surface area contributed by atoms with Gasteiger partial charge in [0, 0.05) is 4.11 Å². The van der Waals surface area contributed by atoms with Crippen molar-refractivity contribution in [3.8, 4) is 0 Å². The van der Waals surface area contributed by atoms with Gasteiger partial charge < -0.3 is 0 Å². The summed E-state index contributed by atoms with van der Waals surface area (Å²) in [4.78, 5) is 11.5. The van der Waals surface area contributed by atoms with Gasteiger partial charge in [0.1, 0.15) is 0 Å². The van der Waals surface area contributed by atoms with E-state index >= 15 is 0 Å². The quantitative estimate of drug-likeness (QED) is 0.600. The standard InChI is InChI=1S/C10H10O/c1-9(11)7-8-10-5-3-2-4-6-10/h2-8H,1H3/b8-7+/i1D3,2D,3D,4D,5D,6D,7D,8D. The van der Waals surface area contributed by atoms with Crippen molar-refractivity contribution in [1.29, 1.82) is 0 Å². The Balaban J connectivity index is 3.66. The fourth-order valence-electron chi connectivity index (χ4n) is 0.432. The summed E-state index contributed by atoms with van der Waals surface area (Å²) in [5.74, 6) is -1.63. The second-order valence-electron chi connectivity index (χ2n) is 1.58. The molecular formula is C10H10O. The Labute approximate surface area is 80.4 Å². The van der Waals surface area contributed by atoms with Crippen molar-refractivity contribution in [2.75, 3.05) is 0 Å². The topological polar surface area (TPSA) is 17.1 Å². The summed E-state index contributed by atoms with van der Waals surface area (Å²) in [6.07, 6.45) is 0. The molecule has 0 spiro atoms. The number of ketones is 1. The van der Waals surface area contributed by atoms with Gasteiger partial charge in [-0.1, -0.05) is 36.3 Å². The van der Waals surface area contributed by atoms with Crippen LogP contribution in [-0.4, -0.2) is 5.78 Å². The smallest absolute Gasteiger partial charge is 0.152 e. The van der Waals surface area contributed by atoms with Gasteiger partial charge in [0.25, 0.3) is 0 Å². The summed E-state index contributed by atoms with van der Waals surface area (Å²) in [5.41, 5.74) is -0.677. The number of rotatable bonds is 2. The third kappa shape index (κ3) is 2.80. The Kier molecular flexibility index (Phi) is 0.629. The molecule has 0 aliphatic heterocycles. The molecule has 0 bridgehead atoms. The molecule has 1 aromatic rings. The van der Waals surface area contributed by atoms with Crippen LogP contribution in [0.1, 0.15) is 26.1 Å². The highest BCUT2D eigenvalue weighted by Gasteiger charge is 1.83. The second kappa shape index (κ2) is 3.71. The van der Waals surface area contributed by atoms with Crippen molar-refractivity contribution in [3.05, 3.63) is 41.8 Å². The monoisotopic (exact) mass is 156 g/mol. The van der Waals surface area contributed by atoms with Crippen molar-refractivity contribution in [3.63, 3.8) is 0 Å². The van der Waals surface area contributed by atoms with E-state index in [0.29, 0.717) is 0 Å². The molecule has 0 aliphatic rings. The predicted molar refractivity (Wildman–Crippen MR) is 46.2 cm³/mol. The average molecular weight is 156 g/mol. The van der Waals surface area contributed by atoms with Crippen LogP contribution in [0.4, 0.5) is 0 Å². The van der Waals surface area contributed by atoms with Gasteiger partial charge in [-0.05, 0) is 18.5 Å². The molecule has 0 saturated carbocycles. The van der Waals surface area contributed by atoms with E-state index in [1.54, 1.807) is 0 Å². The van der Waals surface area contributed by atoms with Crippen LogP contribution in [0.15, 0.2) is 36.3 Å². The number of allylic oxidation sites excluding steroid dienone is 1. The molecule has 0 radical (unpaired) electrons. The molecule has 0 aliphatic carbocycles. The highest BCUT2D eigenvalue weighted by Crippen LogP contribution is 2.00. The summed E-state index contributed by atoms with van der Waals surface area (Å²) in [6, 6.07) is -5.94. The Morgan fingerprint density at radius 1 is 1.64 bits per heavy atom. The van der Waals surface area contributed by atoms with E-state index in [1.807, 2.05) is 0 Å². The molecule has 0 unspecified atom stereocenters. The summed E-state index contributed by atoms with van der Waals surface area (Å²) in [5, 5.41) is 0. The summed E-state index contributed by atoms with van der Waals surface area (Å²) < 4.78 is 73.2. The molecule has 1 heteroatoms. The lowest BCUT2D eigenvalue weighted by molar-refractivity contribution is -0.112. The van der Waals surface area contributed by atoms with Crippen molar-refractivity contribution in [2.24, 2.45) is 0 Å². The van der Waals surface area contributed by atoms with Gasteiger partial charge in [0.2, 0.25) is 0 Å². The van der Waals surface area contributed by atoms with Crippen LogP contribution < -0.4 is 0 Å². The van der Waals surface area contributed by atoms with Crippen molar-refractivity contribution in [1.82, 2.24) is 0 Å². The molecule has 0 saturated heterocycles. The van der Waals surface area contributed by atoms with Gasteiger partial charge >= 0.3 is 0 Å².